The summed E-state index contributed by atoms with van der Waals surface area (Å²) in [7, 11) is 0. The topological polar surface area (TPSA) is 46.2 Å². The van der Waals surface area contributed by atoms with Gasteiger partial charge in [-0.3, -0.25) is 0 Å². The SMILES string of the molecule is CC(N)(Cc1cccc(O)c1)c1ccccc1Cl. The summed E-state index contributed by atoms with van der Waals surface area (Å²) in [4.78, 5) is 0. The maximum absolute atomic E-state index is 9.47. The van der Waals surface area contributed by atoms with Crippen molar-refractivity contribution in [1.29, 1.82) is 0 Å². The molecule has 2 rings (SSSR count). The van der Waals surface area contributed by atoms with Crippen LogP contribution in [0.4, 0.5) is 0 Å². The molecule has 2 aromatic carbocycles. The maximum Gasteiger partial charge on any atom is 0.115 e. The Labute approximate surface area is 112 Å². The van der Waals surface area contributed by atoms with Gasteiger partial charge in [0.15, 0.2) is 0 Å². The van der Waals surface area contributed by atoms with Gasteiger partial charge in [-0.1, -0.05) is 41.9 Å². The predicted octanol–water partition coefficient (Wildman–Crippen LogP) is 3.46. The minimum absolute atomic E-state index is 0.252. The van der Waals surface area contributed by atoms with E-state index in [9.17, 15) is 5.11 Å². The molecule has 0 bridgehead atoms. The lowest BCUT2D eigenvalue weighted by Crippen LogP contribution is -2.35. The van der Waals surface area contributed by atoms with Crippen molar-refractivity contribution >= 4 is 11.6 Å². The van der Waals surface area contributed by atoms with Crippen LogP contribution >= 0.6 is 11.6 Å². The molecule has 1 atom stereocenters. The standard InChI is InChI=1S/C15H16ClNO/c1-15(17,13-7-2-3-8-14(13)16)10-11-5-4-6-12(18)9-11/h2-9,18H,10,17H2,1H3. The van der Waals surface area contributed by atoms with Crippen LogP contribution in [0.2, 0.25) is 5.02 Å². The zero-order valence-corrected chi connectivity index (χ0v) is 11.0. The summed E-state index contributed by atoms with van der Waals surface area (Å²) in [5, 5.41) is 10.1. The van der Waals surface area contributed by atoms with Gasteiger partial charge in [-0.25, -0.2) is 0 Å². The molecule has 18 heavy (non-hydrogen) atoms. The zero-order chi connectivity index (χ0) is 13.2. The molecule has 0 aliphatic heterocycles. The van der Waals surface area contributed by atoms with Crippen molar-refractivity contribution in [2.45, 2.75) is 18.9 Å². The number of phenols is 1. The number of nitrogens with two attached hydrogens (primary N) is 1. The molecule has 3 N–H and O–H groups in total. The summed E-state index contributed by atoms with van der Waals surface area (Å²) in [6.45, 7) is 1.94. The van der Waals surface area contributed by atoms with E-state index in [4.69, 9.17) is 17.3 Å². The zero-order valence-electron chi connectivity index (χ0n) is 10.2. The Bertz CT molecular complexity index is 552. The van der Waals surface area contributed by atoms with E-state index in [0.29, 0.717) is 11.4 Å². The molecule has 0 amide bonds. The number of hydrogen-bond acceptors (Lipinski definition) is 2. The van der Waals surface area contributed by atoms with E-state index in [1.807, 2.05) is 43.3 Å². The van der Waals surface area contributed by atoms with Crippen molar-refractivity contribution in [3.63, 3.8) is 0 Å². The van der Waals surface area contributed by atoms with E-state index < -0.39 is 5.54 Å². The van der Waals surface area contributed by atoms with E-state index >= 15 is 0 Å². The van der Waals surface area contributed by atoms with Crippen LogP contribution in [0.15, 0.2) is 48.5 Å². The number of hydrogen-bond donors (Lipinski definition) is 2. The summed E-state index contributed by atoms with van der Waals surface area (Å²) < 4.78 is 0. The van der Waals surface area contributed by atoms with Gasteiger partial charge in [-0.05, 0) is 42.7 Å². The third-order valence-electron chi connectivity index (χ3n) is 2.97. The smallest absolute Gasteiger partial charge is 0.115 e. The Hall–Kier alpha value is -1.51. The average molecular weight is 262 g/mol. The molecule has 2 aromatic rings. The van der Waals surface area contributed by atoms with E-state index in [1.54, 1.807) is 12.1 Å². The Morgan fingerprint density at radius 3 is 2.56 bits per heavy atom. The molecule has 0 spiro atoms. The minimum atomic E-state index is -0.563. The van der Waals surface area contributed by atoms with Gasteiger partial charge in [0.25, 0.3) is 0 Å². The van der Waals surface area contributed by atoms with Gasteiger partial charge in [0.05, 0.1) is 0 Å². The fourth-order valence-electron chi connectivity index (χ4n) is 2.11. The number of benzene rings is 2. The lowest BCUT2D eigenvalue weighted by Gasteiger charge is -2.26. The van der Waals surface area contributed by atoms with Crippen molar-refractivity contribution in [2.24, 2.45) is 5.73 Å². The first-order valence-electron chi connectivity index (χ1n) is 5.81. The second-order valence-electron chi connectivity index (χ2n) is 4.74. The van der Waals surface area contributed by atoms with E-state index in [0.717, 1.165) is 11.1 Å². The summed E-state index contributed by atoms with van der Waals surface area (Å²) in [6, 6.07) is 14.7. The molecule has 0 aliphatic carbocycles. The van der Waals surface area contributed by atoms with Gasteiger partial charge in [-0.15, -0.1) is 0 Å². The van der Waals surface area contributed by atoms with Crippen molar-refractivity contribution in [2.75, 3.05) is 0 Å². The molecular weight excluding hydrogens is 246 g/mol. The Morgan fingerprint density at radius 1 is 1.17 bits per heavy atom. The molecule has 0 fully saturated rings. The molecule has 2 nitrogen and oxygen atoms in total. The summed E-state index contributed by atoms with van der Waals surface area (Å²) in [5.74, 6) is 0.252. The van der Waals surface area contributed by atoms with E-state index in [-0.39, 0.29) is 5.75 Å². The molecule has 3 heteroatoms. The maximum atomic E-state index is 9.47. The highest BCUT2D eigenvalue weighted by Gasteiger charge is 2.24. The first-order chi connectivity index (χ1) is 8.49. The molecule has 0 saturated heterocycles. The Kier molecular flexibility index (Phi) is 3.60. The molecule has 0 radical (unpaired) electrons. The Balaban J connectivity index is 2.30. The fourth-order valence-corrected chi connectivity index (χ4v) is 2.46. The summed E-state index contributed by atoms with van der Waals surface area (Å²) in [6.07, 6.45) is 0.616. The monoisotopic (exact) mass is 261 g/mol. The van der Waals surface area contributed by atoms with E-state index in [1.165, 1.54) is 0 Å². The van der Waals surface area contributed by atoms with Crippen molar-refractivity contribution in [3.8, 4) is 5.75 Å². The molecule has 1 unspecified atom stereocenters. The van der Waals surface area contributed by atoms with Gasteiger partial charge in [-0.2, -0.15) is 0 Å². The third kappa shape index (κ3) is 2.84. The summed E-state index contributed by atoms with van der Waals surface area (Å²) in [5.41, 5.74) is 7.69. The van der Waals surface area contributed by atoms with Crippen LogP contribution in [0.3, 0.4) is 0 Å². The highest BCUT2D eigenvalue weighted by molar-refractivity contribution is 6.31. The summed E-state index contributed by atoms with van der Waals surface area (Å²) >= 11 is 6.18. The predicted molar refractivity (Wildman–Crippen MR) is 74.8 cm³/mol. The molecule has 94 valence electrons. The normalized spacial score (nSPS) is 14.2. The van der Waals surface area contributed by atoms with Gasteiger partial charge in [0, 0.05) is 10.6 Å². The van der Waals surface area contributed by atoms with E-state index in [2.05, 4.69) is 0 Å². The molecule has 0 aliphatic rings. The van der Waals surface area contributed by atoms with Crippen molar-refractivity contribution in [1.82, 2.24) is 0 Å². The van der Waals surface area contributed by atoms with Crippen LogP contribution in [-0.2, 0) is 12.0 Å². The van der Waals surface area contributed by atoms with Gasteiger partial charge in [0.2, 0.25) is 0 Å². The fraction of sp³-hybridized carbons (Fsp3) is 0.200. The van der Waals surface area contributed by atoms with Gasteiger partial charge >= 0.3 is 0 Å². The molecular formula is C15H16ClNO. The van der Waals surface area contributed by atoms with Crippen molar-refractivity contribution < 1.29 is 5.11 Å². The minimum Gasteiger partial charge on any atom is -0.508 e. The second-order valence-corrected chi connectivity index (χ2v) is 5.15. The highest BCUT2D eigenvalue weighted by atomic mass is 35.5. The second kappa shape index (κ2) is 5.01. The Morgan fingerprint density at radius 2 is 1.89 bits per heavy atom. The van der Waals surface area contributed by atoms with Crippen LogP contribution in [0.25, 0.3) is 0 Å². The lowest BCUT2D eigenvalue weighted by molar-refractivity contribution is 0.468. The van der Waals surface area contributed by atoms with Crippen LogP contribution in [0.1, 0.15) is 18.1 Å². The van der Waals surface area contributed by atoms with Crippen LogP contribution < -0.4 is 5.73 Å². The van der Waals surface area contributed by atoms with Gasteiger partial charge in [0.1, 0.15) is 5.75 Å². The van der Waals surface area contributed by atoms with Crippen LogP contribution in [-0.4, -0.2) is 5.11 Å². The quantitative estimate of drug-likeness (QED) is 0.889. The van der Waals surface area contributed by atoms with Crippen molar-refractivity contribution in [3.05, 3.63) is 64.7 Å². The van der Waals surface area contributed by atoms with Crippen LogP contribution in [0.5, 0.6) is 5.75 Å². The van der Waals surface area contributed by atoms with Gasteiger partial charge < -0.3 is 10.8 Å². The third-order valence-corrected chi connectivity index (χ3v) is 3.30. The molecule has 0 aromatic heterocycles. The largest absolute Gasteiger partial charge is 0.508 e. The molecule has 0 saturated carbocycles. The number of rotatable bonds is 3. The van der Waals surface area contributed by atoms with Crippen LogP contribution in [0, 0.1) is 0 Å². The highest BCUT2D eigenvalue weighted by Crippen LogP contribution is 2.29. The first kappa shape index (κ1) is 12.9. The number of halogens is 1. The lowest BCUT2D eigenvalue weighted by atomic mass is 9.86. The first-order valence-corrected chi connectivity index (χ1v) is 6.19. The number of aromatic hydroxyl groups is 1. The number of phenolic OH excluding ortho intramolecular Hbond substituents is 1. The molecule has 0 heterocycles. The average Bonchev–Trinajstić information content (AvgIpc) is 2.28.